The second-order valence-electron chi connectivity index (χ2n) is 5.94. The lowest BCUT2D eigenvalue weighted by Crippen LogP contribution is -2.56. The van der Waals surface area contributed by atoms with Crippen LogP contribution in [-0.2, 0) is 14.3 Å². The molecule has 0 spiro atoms. The summed E-state index contributed by atoms with van der Waals surface area (Å²) < 4.78 is 5.46. The molecule has 1 amide bonds. The molecule has 0 aliphatic carbocycles. The molecule has 0 bridgehead atoms. The Hall–Kier alpha value is -0.590. The van der Waals surface area contributed by atoms with Crippen LogP contribution in [0.25, 0.3) is 0 Å². The summed E-state index contributed by atoms with van der Waals surface area (Å²) in [5.41, 5.74) is 0.0175. The van der Waals surface area contributed by atoms with Gasteiger partial charge in [0, 0.05) is 50.4 Å². The average molecular weight is 300 g/mol. The zero-order chi connectivity index (χ0) is 14.8. The van der Waals surface area contributed by atoms with Crippen LogP contribution in [0.3, 0.4) is 0 Å². The summed E-state index contributed by atoms with van der Waals surface area (Å²) in [6.07, 6.45) is 2.40. The van der Waals surface area contributed by atoms with Gasteiger partial charge in [-0.1, -0.05) is 11.8 Å². The second kappa shape index (κ2) is 6.45. The van der Waals surface area contributed by atoms with Crippen LogP contribution in [0.15, 0.2) is 0 Å². The molecule has 0 aromatic rings. The van der Waals surface area contributed by atoms with Gasteiger partial charge >= 0.3 is 0 Å². The molecule has 2 saturated heterocycles. The third kappa shape index (κ3) is 3.54. The van der Waals surface area contributed by atoms with Gasteiger partial charge in [-0.15, -0.1) is 0 Å². The molecular formula is C14H24N2O3S. The van der Waals surface area contributed by atoms with E-state index in [2.05, 4.69) is 19.0 Å². The molecule has 0 aromatic carbocycles. The van der Waals surface area contributed by atoms with Crippen LogP contribution >= 0.6 is 11.8 Å². The first-order valence-electron chi connectivity index (χ1n) is 7.13. The summed E-state index contributed by atoms with van der Waals surface area (Å²) in [7, 11) is 4.15. The molecule has 0 saturated carbocycles. The SMILES string of the molecule is CC(=O)SC1CC(=O)N(CC2(N(C)C)CCOCC2)C1. The van der Waals surface area contributed by atoms with E-state index in [1.165, 1.54) is 11.8 Å². The molecule has 2 heterocycles. The number of carbonyl (C=O) groups is 2. The normalized spacial score (nSPS) is 26.3. The van der Waals surface area contributed by atoms with Crippen molar-refractivity contribution in [2.24, 2.45) is 0 Å². The van der Waals surface area contributed by atoms with E-state index in [0.29, 0.717) is 13.0 Å². The molecule has 2 aliphatic heterocycles. The molecule has 1 atom stereocenters. The van der Waals surface area contributed by atoms with Crippen LogP contribution in [0.2, 0.25) is 0 Å². The van der Waals surface area contributed by atoms with Crippen LogP contribution in [-0.4, -0.2) is 72.0 Å². The Kier molecular flexibility index (Phi) is 5.09. The monoisotopic (exact) mass is 300 g/mol. The zero-order valence-electron chi connectivity index (χ0n) is 12.6. The fourth-order valence-corrected chi connectivity index (χ4v) is 4.01. The minimum Gasteiger partial charge on any atom is -0.381 e. The number of hydrogen-bond donors (Lipinski definition) is 0. The van der Waals surface area contributed by atoms with Gasteiger partial charge in [-0.3, -0.25) is 9.59 Å². The zero-order valence-corrected chi connectivity index (χ0v) is 13.4. The van der Waals surface area contributed by atoms with Crippen molar-refractivity contribution in [1.29, 1.82) is 0 Å². The van der Waals surface area contributed by atoms with Crippen molar-refractivity contribution in [3.05, 3.63) is 0 Å². The van der Waals surface area contributed by atoms with Gasteiger partial charge in [0.1, 0.15) is 0 Å². The third-order valence-corrected chi connectivity index (χ3v) is 5.35. The lowest BCUT2D eigenvalue weighted by Gasteiger charge is -2.45. The van der Waals surface area contributed by atoms with Crippen molar-refractivity contribution in [2.75, 3.05) is 40.4 Å². The lowest BCUT2D eigenvalue weighted by atomic mass is 9.88. The average Bonchev–Trinajstić information content (AvgIpc) is 2.69. The Labute approximate surface area is 125 Å². The van der Waals surface area contributed by atoms with Gasteiger partial charge in [0.05, 0.1) is 0 Å². The van der Waals surface area contributed by atoms with Gasteiger partial charge < -0.3 is 14.5 Å². The number of rotatable bonds is 4. The fourth-order valence-electron chi connectivity index (χ4n) is 3.06. The van der Waals surface area contributed by atoms with E-state index in [1.807, 2.05) is 4.90 Å². The Bertz CT molecular complexity index is 381. The third-order valence-electron chi connectivity index (χ3n) is 4.37. The Morgan fingerprint density at radius 2 is 2.10 bits per heavy atom. The molecule has 114 valence electrons. The van der Waals surface area contributed by atoms with Crippen LogP contribution in [0.5, 0.6) is 0 Å². The largest absolute Gasteiger partial charge is 0.381 e. The second-order valence-corrected chi connectivity index (χ2v) is 7.42. The number of nitrogens with zero attached hydrogens (tertiary/aromatic N) is 2. The van der Waals surface area contributed by atoms with Crippen molar-refractivity contribution in [3.8, 4) is 0 Å². The minimum absolute atomic E-state index is 0.0175. The molecule has 20 heavy (non-hydrogen) atoms. The van der Waals surface area contributed by atoms with Crippen molar-refractivity contribution in [3.63, 3.8) is 0 Å². The summed E-state index contributed by atoms with van der Waals surface area (Å²) in [5.74, 6) is 0.177. The summed E-state index contributed by atoms with van der Waals surface area (Å²) >= 11 is 1.30. The predicted octanol–water partition coefficient (Wildman–Crippen LogP) is 0.978. The maximum absolute atomic E-state index is 12.2. The number of likely N-dealkylation sites (N-methyl/N-ethyl adjacent to an activating group) is 1. The maximum Gasteiger partial charge on any atom is 0.223 e. The number of amides is 1. The smallest absolute Gasteiger partial charge is 0.223 e. The molecule has 0 N–H and O–H groups in total. The van der Waals surface area contributed by atoms with Crippen LogP contribution in [0.4, 0.5) is 0 Å². The molecule has 2 fully saturated rings. The quantitative estimate of drug-likeness (QED) is 0.774. The summed E-state index contributed by atoms with van der Waals surface area (Å²) in [6, 6.07) is 0. The van der Waals surface area contributed by atoms with Gasteiger partial charge in [-0.05, 0) is 26.9 Å². The van der Waals surface area contributed by atoms with E-state index in [0.717, 1.165) is 32.6 Å². The van der Waals surface area contributed by atoms with Gasteiger partial charge in [0.2, 0.25) is 5.91 Å². The van der Waals surface area contributed by atoms with Crippen LogP contribution in [0, 0.1) is 0 Å². The highest BCUT2D eigenvalue weighted by atomic mass is 32.2. The van der Waals surface area contributed by atoms with Gasteiger partial charge in [0.15, 0.2) is 5.12 Å². The number of hydrogen-bond acceptors (Lipinski definition) is 5. The highest BCUT2D eigenvalue weighted by molar-refractivity contribution is 8.14. The first-order chi connectivity index (χ1) is 9.43. The molecular weight excluding hydrogens is 276 g/mol. The van der Waals surface area contributed by atoms with E-state index < -0.39 is 0 Å². The van der Waals surface area contributed by atoms with Crippen molar-refractivity contribution < 1.29 is 14.3 Å². The fraction of sp³-hybridized carbons (Fsp3) is 0.857. The number of carbonyl (C=O) groups excluding carboxylic acids is 2. The van der Waals surface area contributed by atoms with Gasteiger partial charge in [-0.2, -0.15) is 0 Å². The highest BCUT2D eigenvalue weighted by Gasteiger charge is 2.40. The first kappa shape index (κ1) is 15.8. The predicted molar refractivity (Wildman–Crippen MR) is 79.7 cm³/mol. The molecule has 2 aliphatic rings. The Balaban J connectivity index is 2.00. The molecule has 0 aromatic heterocycles. The standard InChI is InChI=1S/C14H24N2O3S/c1-11(17)20-12-8-13(18)16(9-12)10-14(15(2)3)4-6-19-7-5-14/h12H,4-10H2,1-3H3. The van der Waals surface area contributed by atoms with Gasteiger partial charge in [-0.25, -0.2) is 0 Å². The van der Waals surface area contributed by atoms with E-state index in [1.54, 1.807) is 6.92 Å². The first-order valence-corrected chi connectivity index (χ1v) is 8.01. The summed E-state index contributed by atoms with van der Waals surface area (Å²) in [5, 5.41) is 0.220. The lowest BCUT2D eigenvalue weighted by molar-refractivity contribution is -0.130. The molecule has 1 unspecified atom stereocenters. The highest BCUT2D eigenvalue weighted by Crippen LogP contribution is 2.31. The molecule has 5 nitrogen and oxygen atoms in total. The number of likely N-dealkylation sites (tertiary alicyclic amines) is 1. The summed E-state index contributed by atoms with van der Waals surface area (Å²) in [4.78, 5) is 27.5. The number of ether oxygens (including phenoxy) is 1. The van der Waals surface area contributed by atoms with Crippen molar-refractivity contribution in [2.45, 2.75) is 37.0 Å². The topological polar surface area (TPSA) is 49.9 Å². The minimum atomic E-state index is 0.0175. The molecule has 0 radical (unpaired) electrons. The van der Waals surface area contributed by atoms with E-state index in [-0.39, 0.29) is 21.8 Å². The van der Waals surface area contributed by atoms with E-state index in [4.69, 9.17) is 4.74 Å². The van der Waals surface area contributed by atoms with Gasteiger partial charge in [0.25, 0.3) is 0 Å². The van der Waals surface area contributed by atoms with Crippen LogP contribution in [0.1, 0.15) is 26.2 Å². The Morgan fingerprint density at radius 3 is 2.65 bits per heavy atom. The van der Waals surface area contributed by atoms with E-state index >= 15 is 0 Å². The number of thioether (sulfide) groups is 1. The summed E-state index contributed by atoms with van der Waals surface area (Å²) in [6.45, 7) is 4.52. The van der Waals surface area contributed by atoms with E-state index in [9.17, 15) is 9.59 Å². The molecule has 6 heteroatoms. The van der Waals surface area contributed by atoms with Crippen LogP contribution < -0.4 is 0 Å². The van der Waals surface area contributed by atoms with Crippen molar-refractivity contribution in [1.82, 2.24) is 9.80 Å². The molecule has 2 rings (SSSR count). The Morgan fingerprint density at radius 1 is 1.45 bits per heavy atom. The van der Waals surface area contributed by atoms with Crippen molar-refractivity contribution >= 4 is 22.8 Å². The maximum atomic E-state index is 12.2.